The summed E-state index contributed by atoms with van der Waals surface area (Å²) in [5.74, 6) is 1.03. The Balaban J connectivity index is 1.60. The van der Waals surface area contributed by atoms with Crippen LogP contribution in [0.15, 0.2) is 6.07 Å². The van der Waals surface area contributed by atoms with Crippen LogP contribution in [0.3, 0.4) is 0 Å². The summed E-state index contributed by atoms with van der Waals surface area (Å²) in [7, 11) is 0. The summed E-state index contributed by atoms with van der Waals surface area (Å²) in [5.41, 5.74) is 7.91. The second kappa shape index (κ2) is 7.80. The summed E-state index contributed by atoms with van der Waals surface area (Å²) in [6, 6.07) is 2.28. The number of fused-ring (bicyclic) bond motifs is 4. The van der Waals surface area contributed by atoms with E-state index in [1.165, 1.54) is 12.8 Å². The zero-order chi connectivity index (χ0) is 19.1. The number of hydrogen-bond donors (Lipinski definition) is 2. The number of carbonyl (C=O) groups excluding carboxylic acids is 1. The van der Waals surface area contributed by atoms with Crippen molar-refractivity contribution >= 4 is 39.1 Å². The van der Waals surface area contributed by atoms with Crippen LogP contribution in [0.2, 0.25) is 5.02 Å². The van der Waals surface area contributed by atoms with Crippen LogP contribution in [0.25, 0.3) is 0 Å². The Morgan fingerprint density at radius 1 is 1.44 bits per heavy atom. The number of unbranched alkanes of at least 4 members (excludes halogenated alkanes) is 1. The van der Waals surface area contributed by atoms with Gasteiger partial charge in [0.15, 0.2) is 0 Å². The lowest BCUT2D eigenvalue weighted by Gasteiger charge is -2.51. The zero-order valence-corrected chi connectivity index (χ0v) is 18.0. The number of carbonyl (C=O) groups is 1. The van der Waals surface area contributed by atoms with Crippen molar-refractivity contribution in [3.8, 4) is 5.75 Å². The molecular weight excluding hydrogens is 430 g/mol. The molecule has 4 heterocycles. The van der Waals surface area contributed by atoms with Crippen LogP contribution in [0.4, 0.5) is 5.69 Å². The molecule has 1 amide bonds. The van der Waals surface area contributed by atoms with Crippen molar-refractivity contribution in [1.82, 2.24) is 10.2 Å². The van der Waals surface area contributed by atoms with Gasteiger partial charge in [-0.15, -0.1) is 0 Å². The van der Waals surface area contributed by atoms with Crippen LogP contribution in [0, 0.1) is 5.92 Å². The van der Waals surface area contributed by atoms with Gasteiger partial charge in [0.2, 0.25) is 0 Å². The summed E-state index contributed by atoms with van der Waals surface area (Å²) >= 11 is 9.89. The molecule has 3 fully saturated rings. The minimum absolute atomic E-state index is 0.0353. The largest absolute Gasteiger partial charge is 0.491 e. The van der Waals surface area contributed by atoms with Gasteiger partial charge in [0.05, 0.1) is 21.1 Å². The SMILES string of the molecule is CCCCC1C(NC(=O)c2cc(Cl)c(N)c3c2OCC3Br)C2CCN1CC2. The minimum Gasteiger partial charge on any atom is -0.491 e. The van der Waals surface area contributed by atoms with E-state index in [0.29, 0.717) is 40.6 Å². The Hall–Kier alpha value is -0.980. The van der Waals surface area contributed by atoms with Crippen molar-refractivity contribution in [2.24, 2.45) is 5.92 Å². The first-order valence-electron chi connectivity index (χ1n) is 9.94. The molecule has 7 heteroatoms. The third kappa shape index (κ3) is 3.45. The van der Waals surface area contributed by atoms with Crippen molar-refractivity contribution in [1.29, 1.82) is 0 Å². The van der Waals surface area contributed by atoms with Gasteiger partial charge in [-0.05, 0) is 44.3 Å². The Bertz CT molecular complexity index is 736. The number of anilines is 1. The van der Waals surface area contributed by atoms with E-state index in [9.17, 15) is 4.79 Å². The molecule has 1 aromatic carbocycles. The van der Waals surface area contributed by atoms with Gasteiger partial charge in [-0.25, -0.2) is 0 Å². The fraction of sp³-hybridized carbons (Fsp3) is 0.650. The van der Waals surface area contributed by atoms with Gasteiger partial charge in [0, 0.05) is 17.6 Å². The van der Waals surface area contributed by atoms with E-state index in [-0.39, 0.29) is 16.8 Å². The molecule has 3 N–H and O–H groups in total. The van der Waals surface area contributed by atoms with Crippen molar-refractivity contribution in [2.45, 2.75) is 55.9 Å². The van der Waals surface area contributed by atoms with Crippen molar-refractivity contribution in [3.05, 3.63) is 22.2 Å². The van der Waals surface area contributed by atoms with Crippen LogP contribution in [-0.4, -0.2) is 42.6 Å². The Labute approximate surface area is 174 Å². The number of benzene rings is 1. The summed E-state index contributed by atoms with van der Waals surface area (Å²) in [4.78, 5) is 15.7. The fourth-order valence-corrected chi connectivity index (χ4v) is 5.71. The van der Waals surface area contributed by atoms with E-state index < -0.39 is 0 Å². The molecule has 0 aliphatic carbocycles. The van der Waals surface area contributed by atoms with Crippen LogP contribution in [-0.2, 0) is 0 Å². The topological polar surface area (TPSA) is 67.6 Å². The zero-order valence-electron chi connectivity index (χ0n) is 15.6. The molecule has 3 atom stereocenters. The van der Waals surface area contributed by atoms with Gasteiger partial charge in [-0.3, -0.25) is 9.69 Å². The molecule has 3 unspecified atom stereocenters. The lowest BCUT2D eigenvalue weighted by molar-refractivity contribution is 0.00878. The number of nitrogens with two attached hydrogens (primary N) is 1. The smallest absolute Gasteiger partial charge is 0.255 e. The van der Waals surface area contributed by atoms with E-state index in [1.807, 2.05) is 0 Å². The molecule has 0 radical (unpaired) electrons. The fourth-order valence-electron chi connectivity index (χ4n) is 4.91. The lowest BCUT2D eigenvalue weighted by atomic mass is 9.77. The highest BCUT2D eigenvalue weighted by molar-refractivity contribution is 9.09. The number of rotatable bonds is 5. The first kappa shape index (κ1) is 19.3. The molecule has 4 aliphatic rings. The van der Waals surface area contributed by atoms with E-state index in [4.69, 9.17) is 22.1 Å². The van der Waals surface area contributed by atoms with E-state index in [2.05, 4.69) is 33.1 Å². The van der Waals surface area contributed by atoms with Gasteiger partial charge in [0.1, 0.15) is 12.4 Å². The monoisotopic (exact) mass is 455 g/mol. The number of nitrogens with one attached hydrogen (secondary N) is 1. The molecule has 148 valence electrons. The van der Waals surface area contributed by atoms with Crippen LogP contribution < -0.4 is 15.8 Å². The standard InChI is InChI=1S/C20H27BrClN3O2/c1-2-3-4-15-18(11-5-7-25(15)8-6-11)24-20(26)12-9-14(22)17(23)16-13(21)10-27-19(12)16/h9,11,13,15,18H,2-8,10,23H2,1H3,(H,24,26). The molecule has 0 saturated carbocycles. The number of alkyl halides is 1. The predicted octanol–water partition coefficient (Wildman–Crippen LogP) is 4.13. The van der Waals surface area contributed by atoms with E-state index in [0.717, 1.165) is 37.9 Å². The van der Waals surface area contributed by atoms with Crippen molar-refractivity contribution < 1.29 is 9.53 Å². The number of nitrogen functional groups attached to an aromatic ring is 1. The highest BCUT2D eigenvalue weighted by atomic mass is 79.9. The maximum absolute atomic E-state index is 13.2. The molecule has 0 spiro atoms. The Morgan fingerprint density at radius 3 is 2.89 bits per heavy atom. The van der Waals surface area contributed by atoms with Gasteiger partial charge < -0.3 is 15.8 Å². The first-order valence-corrected chi connectivity index (χ1v) is 11.2. The average molecular weight is 457 g/mol. The number of ether oxygens (including phenoxy) is 1. The number of piperidine rings is 3. The molecule has 4 aliphatic heterocycles. The third-order valence-electron chi connectivity index (χ3n) is 6.36. The quantitative estimate of drug-likeness (QED) is 0.516. The molecule has 0 aromatic heterocycles. The second-order valence-corrected chi connectivity index (χ2v) is 9.44. The Morgan fingerprint density at radius 2 is 2.19 bits per heavy atom. The second-order valence-electron chi connectivity index (χ2n) is 7.92. The molecule has 1 aromatic rings. The summed E-state index contributed by atoms with van der Waals surface area (Å²) in [6.45, 7) is 4.99. The third-order valence-corrected chi connectivity index (χ3v) is 7.39. The van der Waals surface area contributed by atoms with Gasteiger partial charge in [-0.2, -0.15) is 0 Å². The average Bonchev–Trinajstić information content (AvgIpc) is 3.06. The van der Waals surface area contributed by atoms with E-state index in [1.54, 1.807) is 6.07 Å². The maximum atomic E-state index is 13.2. The Kier molecular flexibility index (Phi) is 5.59. The van der Waals surface area contributed by atoms with Crippen molar-refractivity contribution in [3.63, 3.8) is 0 Å². The van der Waals surface area contributed by atoms with Crippen molar-refractivity contribution in [2.75, 3.05) is 25.4 Å². The molecule has 2 bridgehead atoms. The van der Waals surface area contributed by atoms with Gasteiger partial charge >= 0.3 is 0 Å². The highest BCUT2D eigenvalue weighted by Crippen LogP contribution is 2.46. The number of nitrogens with zero attached hydrogens (tertiary/aromatic N) is 1. The predicted molar refractivity (Wildman–Crippen MR) is 112 cm³/mol. The lowest BCUT2D eigenvalue weighted by Crippen LogP contribution is -2.63. The van der Waals surface area contributed by atoms with Crippen LogP contribution in [0.5, 0.6) is 5.75 Å². The summed E-state index contributed by atoms with van der Waals surface area (Å²) in [6.07, 6.45) is 5.83. The number of amides is 1. The molecule has 27 heavy (non-hydrogen) atoms. The maximum Gasteiger partial charge on any atom is 0.255 e. The van der Waals surface area contributed by atoms with Gasteiger partial charge in [0.25, 0.3) is 5.91 Å². The minimum atomic E-state index is -0.102. The molecular formula is C20H27BrClN3O2. The van der Waals surface area contributed by atoms with Crippen LogP contribution >= 0.6 is 27.5 Å². The van der Waals surface area contributed by atoms with E-state index >= 15 is 0 Å². The normalized spacial score (nSPS) is 31.4. The molecule has 5 rings (SSSR count). The summed E-state index contributed by atoms with van der Waals surface area (Å²) < 4.78 is 5.78. The number of hydrogen-bond acceptors (Lipinski definition) is 4. The molecule has 3 saturated heterocycles. The summed E-state index contributed by atoms with van der Waals surface area (Å²) in [5, 5.41) is 3.75. The first-order chi connectivity index (χ1) is 13.0. The number of halogens is 2. The van der Waals surface area contributed by atoms with Crippen LogP contribution in [0.1, 0.15) is 59.8 Å². The highest BCUT2D eigenvalue weighted by Gasteiger charge is 2.43. The molecule has 5 nitrogen and oxygen atoms in total. The van der Waals surface area contributed by atoms with Gasteiger partial charge in [-0.1, -0.05) is 47.3 Å².